The van der Waals surface area contributed by atoms with Crippen LogP contribution in [0.15, 0.2) is 24.3 Å². The van der Waals surface area contributed by atoms with Gasteiger partial charge in [-0.25, -0.2) is 16.8 Å². The molecule has 0 fully saturated rings. The Balaban J connectivity index is 0.000000842. The summed E-state index contributed by atoms with van der Waals surface area (Å²) in [6.45, 7) is 26.8. The molecule has 0 radical (unpaired) electrons. The van der Waals surface area contributed by atoms with Gasteiger partial charge in [0.2, 0.25) is 0 Å². The molecule has 252 valence electrons. The zero-order valence-corrected chi connectivity index (χ0v) is 33.5. The number of rotatable bonds is 6. The Kier molecular flexibility index (Phi) is 14.8. The van der Waals surface area contributed by atoms with Crippen LogP contribution in [0.5, 0.6) is 11.5 Å². The van der Waals surface area contributed by atoms with Gasteiger partial charge in [0.1, 0.15) is 31.7 Å². The number of benzene rings is 2. The van der Waals surface area contributed by atoms with E-state index in [1.165, 1.54) is 13.8 Å². The standard InChI is InChI=1S/2C17H27O4S.Ca/c2*1-11(22(19,20)21)8-12-9-13(16(2,3)4)15(18)14(10-12)17(5,6)7;/h2*9-10,18H,8H2,1-7H3,(H,19,20,21);/q2*-1;+2. The maximum absolute atomic E-state index is 11.2. The maximum Gasteiger partial charge on any atom is 2.00 e. The average Bonchev–Trinajstić information content (AvgIpc) is 2.77. The molecule has 4 N–H and O–H groups in total. The molecule has 0 aliphatic rings. The van der Waals surface area contributed by atoms with Crippen LogP contribution in [0.3, 0.4) is 0 Å². The second-order valence-electron chi connectivity index (χ2n) is 15.8. The van der Waals surface area contributed by atoms with Crippen molar-refractivity contribution < 1.29 is 36.2 Å². The van der Waals surface area contributed by atoms with Crippen LogP contribution >= 0.6 is 0 Å². The first kappa shape index (κ1) is 44.1. The Labute approximate surface area is 302 Å². The van der Waals surface area contributed by atoms with Crippen molar-refractivity contribution in [1.29, 1.82) is 0 Å². The van der Waals surface area contributed by atoms with Crippen molar-refractivity contribution in [2.24, 2.45) is 0 Å². The number of phenolic OH excluding ortho intramolecular Hbond substituents is 2. The molecule has 0 saturated heterocycles. The minimum Gasteiger partial charge on any atom is -0.507 e. The van der Waals surface area contributed by atoms with E-state index in [2.05, 4.69) is 0 Å². The van der Waals surface area contributed by atoms with Crippen molar-refractivity contribution in [1.82, 2.24) is 0 Å². The molecule has 2 aromatic rings. The van der Waals surface area contributed by atoms with E-state index in [9.17, 15) is 27.0 Å². The van der Waals surface area contributed by atoms with Gasteiger partial charge in [-0.2, -0.15) is 24.3 Å². The first-order valence-electron chi connectivity index (χ1n) is 14.6. The van der Waals surface area contributed by atoms with E-state index in [1.54, 1.807) is 0 Å². The Morgan fingerprint density at radius 2 is 0.689 bits per heavy atom. The Bertz CT molecular complexity index is 1350. The van der Waals surface area contributed by atoms with Crippen LogP contribution in [-0.4, -0.2) is 73.9 Å². The predicted octanol–water partition coefficient (Wildman–Crippen LogP) is 7.56. The third-order valence-electron chi connectivity index (χ3n) is 7.36. The fourth-order valence-electron chi connectivity index (χ4n) is 4.64. The molecule has 2 aromatic carbocycles. The second kappa shape index (κ2) is 15.1. The summed E-state index contributed by atoms with van der Waals surface area (Å²) >= 11 is 0. The molecule has 8 nitrogen and oxygen atoms in total. The van der Waals surface area contributed by atoms with E-state index >= 15 is 0 Å². The number of aromatic hydroxyl groups is 2. The zero-order chi connectivity index (χ0) is 35.0. The smallest absolute Gasteiger partial charge is 0.507 e. The second-order valence-corrected chi connectivity index (χ2v) is 19.1. The Hall–Kier alpha value is -0.880. The normalized spacial score (nSPS) is 13.4. The summed E-state index contributed by atoms with van der Waals surface area (Å²) in [7, 11) is -8.31. The number of hydrogen-bond acceptors (Lipinski definition) is 6. The third-order valence-corrected chi connectivity index (χ3v) is 9.41. The summed E-state index contributed by atoms with van der Waals surface area (Å²) in [5.74, 6) is 0.515. The van der Waals surface area contributed by atoms with E-state index in [0.29, 0.717) is 0 Å². The summed E-state index contributed by atoms with van der Waals surface area (Å²) in [6, 6.07) is 7.27. The monoisotopic (exact) mass is 694 g/mol. The number of phenols is 2. The maximum atomic E-state index is 11.2. The molecule has 11 heteroatoms. The van der Waals surface area contributed by atoms with Crippen molar-refractivity contribution in [2.75, 3.05) is 0 Å². The first-order chi connectivity index (χ1) is 19.3. The third kappa shape index (κ3) is 12.9. The van der Waals surface area contributed by atoms with E-state index < -0.39 is 20.2 Å². The summed E-state index contributed by atoms with van der Waals surface area (Å²) < 4.78 is 63.2. The van der Waals surface area contributed by atoms with Crippen LogP contribution in [0.2, 0.25) is 0 Å². The predicted molar refractivity (Wildman–Crippen MR) is 185 cm³/mol. The molecule has 0 spiro atoms. The van der Waals surface area contributed by atoms with Crippen LogP contribution in [0, 0.1) is 10.5 Å². The molecule has 45 heavy (non-hydrogen) atoms. The quantitative estimate of drug-likeness (QED) is 0.138. The zero-order valence-electron chi connectivity index (χ0n) is 29.7. The Morgan fingerprint density at radius 1 is 0.511 bits per heavy atom. The van der Waals surface area contributed by atoms with Gasteiger partial charge in [-0.15, -0.1) is 12.8 Å². The van der Waals surface area contributed by atoms with Gasteiger partial charge in [0.05, 0.1) is 0 Å². The van der Waals surface area contributed by atoms with Gasteiger partial charge in [0.25, 0.3) is 0 Å². The first-order valence-corrected chi connectivity index (χ1v) is 17.5. The molecule has 0 aliphatic carbocycles. The van der Waals surface area contributed by atoms with Crippen LogP contribution in [0.25, 0.3) is 0 Å². The SMILES string of the molecule is C[C-](Cc1cc(C(C)(C)C)c(O)c(C(C)(C)C)c1)S(=O)(=O)O.C[C-](Cc1cc(C(C)(C)C)c(O)c(C(C)(C)C)c1)S(=O)(=O)O.[Ca+2]. The summed E-state index contributed by atoms with van der Waals surface area (Å²) in [5.41, 5.74) is 3.55. The fraction of sp³-hybridized carbons (Fsp3) is 0.588. The van der Waals surface area contributed by atoms with Crippen molar-refractivity contribution >= 4 is 58.0 Å². The summed E-state index contributed by atoms with van der Waals surface area (Å²) in [5, 5.41) is 21.2. The minimum absolute atomic E-state index is 0. The molecule has 0 aliphatic heterocycles. The van der Waals surface area contributed by atoms with Crippen molar-refractivity contribution in [3.8, 4) is 11.5 Å². The fourth-order valence-corrected chi connectivity index (χ4v) is 5.33. The van der Waals surface area contributed by atoms with E-state index in [1.807, 2.05) is 107 Å². The average molecular weight is 695 g/mol. The Morgan fingerprint density at radius 3 is 0.822 bits per heavy atom. The van der Waals surface area contributed by atoms with Gasteiger partial charge < -0.3 is 19.3 Å². The van der Waals surface area contributed by atoms with Gasteiger partial charge in [-0.3, -0.25) is 0 Å². The van der Waals surface area contributed by atoms with Crippen LogP contribution < -0.4 is 0 Å². The molecule has 0 amide bonds. The van der Waals surface area contributed by atoms with Gasteiger partial charge in [-0.1, -0.05) is 118 Å². The van der Waals surface area contributed by atoms with Gasteiger partial charge in [-0.05, 0) is 43.9 Å². The molecule has 0 atom stereocenters. The molecule has 0 bridgehead atoms. The van der Waals surface area contributed by atoms with Crippen molar-refractivity contribution in [3.63, 3.8) is 0 Å². The molecule has 0 unspecified atom stereocenters. The van der Waals surface area contributed by atoms with Crippen LogP contribution in [0.4, 0.5) is 0 Å². The van der Waals surface area contributed by atoms with Crippen LogP contribution in [0.1, 0.15) is 130 Å². The van der Waals surface area contributed by atoms with Crippen LogP contribution in [-0.2, 0) is 54.7 Å². The van der Waals surface area contributed by atoms with E-state index in [-0.39, 0.29) is 94.2 Å². The summed E-state index contributed by atoms with van der Waals surface area (Å²) in [4.78, 5) is 0. The van der Waals surface area contributed by atoms with Gasteiger partial charge in [0.15, 0.2) is 0 Å². The van der Waals surface area contributed by atoms with Gasteiger partial charge in [0, 0.05) is 0 Å². The molecule has 2 rings (SSSR count). The summed E-state index contributed by atoms with van der Waals surface area (Å²) in [6.07, 6.45) is 0.260. The number of hydrogen-bond donors (Lipinski definition) is 4. The molecular formula is C34H54CaO8S2. The molecule has 0 saturated carbocycles. The molecule has 0 heterocycles. The topological polar surface area (TPSA) is 149 Å². The molecule has 0 aromatic heterocycles. The van der Waals surface area contributed by atoms with E-state index in [0.717, 1.165) is 33.4 Å². The van der Waals surface area contributed by atoms with Crippen molar-refractivity contribution in [3.05, 3.63) is 68.1 Å². The minimum atomic E-state index is -4.15. The van der Waals surface area contributed by atoms with Crippen molar-refractivity contribution in [2.45, 2.75) is 131 Å². The molecular weight excluding hydrogens is 641 g/mol. The van der Waals surface area contributed by atoms with Gasteiger partial charge >= 0.3 is 37.7 Å². The largest absolute Gasteiger partial charge is 2.00 e. The van der Waals surface area contributed by atoms with E-state index in [4.69, 9.17) is 9.11 Å².